The molecule has 0 radical (unpaired) electrons. The van der Waals surface area contributed by atoms with Crippen LogP contribution in [0.25, 0.3) is 105 Å². The number of para-hydroxylation sites is 6. The maximum absolute atomic E-state index is 6.58. The van der Waals surface area contributed by atoms with Gasteiger partial charge in [-0.3, -0.25) is 0 Å². The Balaban J connectivity index is 0.906. The highest BCUT2D eigenvalue weighted by Crippen LogP contribution is 2.47. The number of nitrogens with zero attached hydrogens (tertiary/aromatic N) is 3. The largest absolute Gasteiger partial charge is 0.453 e. The lowest BCUT2D eigenvalue weighted by molar-refractivity contribution is 0.476. The minimum absolute atomic E-state index is 0.872. The number of rotatable bonds is 4. The lowest BCUT2D eigenvalue weighted by Gasteiger charge is -2.21. The third-order valence-corrected chi connectivity index (χ3v) is 12.2. The van der Waals surface area contributed by atoms with Gasteiger partial charge in [-0.2, -0.15) is 0 Å². The van der Waals surface area contributed by atoms with Crippen molar-refractivity contribution >= 4 is 65.4 Å². The van der Waals surface area contributed by atoms with Crippen molar-refractivity contribution in [2.45, 2.75) is 0 Å². The van der Waals surface area contributed by atoms with Crippen LogP contribution in [0.15, 0.2) is 200 Å². The van der Waals surface area contributed by atoms with E-state index in [0.717, 1.165) is 45.2 Å². The lowest BCUT2D eigenvalue weighted by Crippen LogP contribution is -2.03. The van der Waals surface area contributed by atoms with Crippen LogP contribution in [0.1, 0.15) is 0 Å². The zero-order valence-corrected chi connectivity index (χ0v) is 31.3. The summed E-state index contributed by atoms with van der Waals surface area (Å²) in [6.07, 6.45) is 0. The van der Waals surface area contributed by atoms with Crippen molar-refractivity contribution < 1.29 is 4.74 Å². The van der Waals surface area contributed by atoms with Crippen LogP contribution in [0.2, 0.25) is 0 Å². The maximum Gasteiger partial charge on any atom is 0.152 e. The molecule has 1 aliphatic heterocycles. The van der Waals surface area contributed by atoms with Crippen LogP contribution in [0, 0.1) is 0 Å². The van der Waals surface area contributed by atoms with Crippen LogP contribution in [-0.2, 0) is 0 Å². The second kappa shape index (κ2) is 11.8. The smallest absolute Gasteiger partial charge is 0.152 e. The third-order valence-electron chi connectivity index (χ3n) is 12.2. The minimum atomic E-state index is 0.872. The summed E-state index contributed by atoms with van der Waals surface area (Å²) in [5.74, 6) is 1.75. The van der Waals surface area contributed by atoms with Gasteiger partial charge < -0.3 is 18.4 Å². The summed E-state index contributed by atoms with van der Waals surface area (Å²) in [5.41, 5.74) is 15.1. The van der Waals surface area contributed by atoms with Gasteiger partial charge in [0.05, 0.1) is 38.8 Å². The van der Waals surface area contributed by atoms with Crippen molar-refractivity contribution in [3.63, 3.8) is 0 Å². The van der Waals surface area contributed by atoms with E-state index in [1.807, 2.05) is 6.07 Å². The predicted molar refractivity (Wildman–Crippen MR) is 240 cm³/mol. The van der Waals surface area contributed by atoms with E-state index >= 15 is 0 Å². The van der Waals surface area contributed by atoms with Crippen molar-refractivity contribution in [2.75, 3.05) is 0 Å². The number of benzene rings is 9. The van der Waals surface area contributed by atoms with Crippen LogP contribution >= 0.6 is 0 Å². The summed E-state index contributed by atoms with van der Waals surface area (Å²) in [5, 5.41) is 7.43. The highest BCUT2D eigenvalue weighted by atomic mass is 16.5. The first-order valence-corrected chi connectivity index (χ1v) is 19.8. The molecule has 0 unspecified atom stereocenters. The monoisotopic (exact) mass is 739 g/mol. The standard InChI is InChI=1S/C54H33N3O/c1-5-18-46-40(14-1)41-15-2-6-19-47(41)56(46)39-28-29-50-44(33-39)42-16-3-7-20-48(42)55(50)38-13-11-12-36(30-38)34-24-26-35(27-25-34)37-31-45-43-17-4-8-21-49(43)57-51-22-9-10-23-52(51)58-53(32-37)54(45)57/h1-33H. The molecule has 1 aliphatic rings. The molecule has 4 heteroatoms. The average molecular weight is 740 g/mol. The van der Waals surface area contributed by atoms with Gasteiger partial charge in [-0.05, 0) is 101 Å². The van der Waals surface area contributed by atoms with Gasteiger partial charge in [-0.15, -0.1) is 0 Å². The molecular weight excluding hydrogens is 707 g/mol. The average Bonchev–Trinajstić information content (AvgIpc) is 3.93. The fourth-order valence-corrected chi connectivity index (χ4v) is 9.66. The van der Waals surface area contributed by atoms with Crippen molar-refractivity contribution in [1.29, 1.82) is 0 Å². The zero-order chi connectivity index (χ0) is 37.9. The van der Waals surface area contributed by atoms with Gasteiger partial charge in [0.2, 0.25) is 0 Å². The van der Waals surface area contributed by atoms with Crippen LogP contribution in [0.3, 0.4) is 0 Å². The molecule has 4 nitrogen and oxygen atoms in total. The second-order valence-corrected chi connectivity index (χ2v) is 15.3. The van der Waals surface area contributed by atoms with E-state index in [4.69, 9.17) is 4.74 Å². The molecule has 270 valence electrons. The molecule has 4 heterocycles. The topological polar surface area (TPSA) is 24.0 Å². The molecule has 0 spiro atoms. The van der Waals surface area contributed by atoms with Gasteiger partial charge in [-0.1, -0.05) is 121 Å². The molecular formula is C54H33N3O. The summed E-state index contributed by atoms with van der Waals surface area (Å²) < 4.78 is 13.7. The predicted octanol–water partition coefficient (Wildman–Crippen LogP) is 14.4. The van der Waals surface area contributed by atoms with Crippen molar-refractivity contribution in [3.8, 4) is 50.8 Å². The molecule has 3 aromatic heterocycles. The minimum Gasteiger partial charge on any atom is -0.453 e. The Kier molecular flexibility index (Phi) is 6.41. The van der Waals surface area contributed by atoms with E-state index in [9.17, 15) is 0 Å². The van der Waals surface area contributed by atoms with Crippen LogP contribution < -0.4 is 4.74 Å². The first kappa shape index (κ1) is 31.4. The number of hydrogen-bond donors (Lipinski definition) is 0. The highest BCUT2D eigenvalue weighted by molar-refractivity contribution is 6.14. The van der Waals surface area contributed by atoms with E-state index in [-0.39, 0.29) is 0 Å². The Morgan fingerprint density at radius 2 is 0.793 bits per heavy atom. The molecule has 13 rings (SSSR count). The Morgan fingerprint density at radius 1 is 0.276 bits per heavy atom. The van der Waals surface area contributed by atoms with E-state index in [1.165, 1.54) is 71.0 Å². The molecule has 0 saturated carbocycles. The molecule has 0 fully saturated rings. The highest BCUT2D eigenvalue weighted by Gasteiger charge is 2.24. The summed E-state index contributed by atoms with van der Waals surface area (Å²) >= 11 is 0. The molecule has 0 bridgehead atoms. The summed E-state index contributed by atoms with van der Waals surface area (Å²) in [4.78, 5) is 0. The maximum atomic E-state index is 6.58. The number of fused-ring (bicyclic) bond motifs is 11. The van der Waals surface area contributed by atoms with Gasteiger partial charge >= 0.3 is 0 Å². The molecule has 9 aromatic carbocycles. The molecule has 0 saturated heterocycles. The molecule has 0 aliphatic carbocycles. The van der Waals surface area contributed by atoms with Crippen LogP contribution in [0.4, 0.5) is 0 Å². The molecule has 0 amide bonds. The number of aromatic nitrogens is 3. The second-order valence-electron chi connectivity index (χ2n) is 15.3. The van der Waals surface area contributed by atoms with Gasteiger partial charge in [-0.25, -0.2) is 0 Å². The van der Waals surface area contributed by atoms with E-state index in [1.54, 1.807) is 0 Å². The summed E-state index contributed by atoms with van der Waals surface area (Å²) in [6.45, 7) is 0. The van der Waals surface area contributed by atoms with Gasteiger partial charge in [0.25, 0.3) is 0 Å². The lowest BCUT2D eigenvalue weighted by atomic mass is 9.98. The van der Waals surface area contributed by atoms with E-state index in [2.05, 4.69) is 208 Å². The first-order chi connectivity index (χ1) is 28.8. The van der Waals surface area contributed by atoms with Crippen molar-refractivity contribution in [1.82, 2.24) is 13.7 Å². The Hall–Kier alpha value is -7.82. The van der Waals surface area contributed by atoms with E-state index in [0.29, 0.717) is 0 Å². The number of ether oxygens (including phenoxy) is 1. The Morgan fingerprint density at radius 3 is 1.47 bits per heavy atom. The van der Waals surface area contributed by atoms with Gasteiger partial charge in [0.15, 0.2) is 11.5 Å². The normalized spacial score (nSPS) is 12.3. The number of hydrogen-bond acceptors (Lipinski definition) is 1. The third kappa shape index (κ3) is 4.40. The molecule has 58 heavy (non-hydrogen) atoms. The summed E-state index contributed by atoms with van der Waals surface area (Å²) in [7, 11) is 0. The molecule has 0 N–H and O–H groups in total. The van der Waals surface area contributed by atoms with E-state index < -0.39 is 0 Å². The summed E-state index contributed by atoms with van der Waals surface area (Å²) in [6, 6.07) is 72.5. The SMILES string of the molecule is c1cc(-c2ccc(-c3cc4c5c(c3)c3ccccc3n5-c3ccccc3O4)cc2)cc(-n2c3ccccc3c3cc(-n4c5ccccc5c5ccccc54)ccc32)c1. The molecule has 12 aromatic rings. The Bertz CT molecular complexity index is 3600. The Labute approximate surface area is 333 Å². The van der Waals surface area contributed by atoms with Crippen molar-refractivity contribution in [2.24, 2.45) is 0 Å². The first-order valence-electron chi connectivity index (χ1n) is 19.8. The molecule has 0 atom stereocenters. The quantitative estimate of drug-likeness (QED) is 0.176. The zero-order valence-electron chi connectivity index (χ0n) is 31.3. The fourth-order valence-electron chi connectivity index (χ4n) is 9.66. The van der Waals surface area contributed by atoms with Crippen LogP contribution in [-0.4, -0.2) is 13.7 Å². The fraction of sp³-hybridized carbons (Fsp3) is 0. The van der Waals surface area contributed by atoms with Crippen LogP contribution in [0.5, 0.6) is 11.5 Å². The van der Waals surface area contributed by atoms with Crippen molar-refractivity contribution in [3.05, 3.63) is 200 Å². The van der Waals surface area contributed by atoms with Gasteiger partial charge in [0, 0.05) is 43.7 Å². The van der Waals surface area contributed by atoms with Gasteiger partial charge in [0.1, 0.15) is 0 Å².